The van der Waals surface area contributed by atoms with Crippen molar-refractivity contribution in [3.63, 3.8) is 0 Å². The molecule has 0 N–H and O–H groups in total. The lowest BCUT2D eigenvalue weighted by Crippen LogP contribution is -2.31. The SMILES string of the molecule is CCCN(CCC)CC(=O)c1ccc2cc(Br)c3ccccc3c2c1.Cl. The molecule has 2 nitrogen and oxygen atoms in total. The Hall–Kier alpha value is -1.42. The number of carbonyl (C=O) groups excluding carboxylic acids is 1. The average molecular weight is 435 g/mol. The van der Waals surface area contributed by atoms with Crippen LogP contribution in [0.2, 0.25) is 0 Å². The van der Waals surface area contributed by atoms with Crippen molar-refractivity contribution in [3.05, 3.63) is 58.6 Å². The molecule has 0 saturated carbocycles. The monoisotopic (exact) mass is 433 g/mol. The van der Waals surface area contributed by atoms with Gasteiger partial charge in [0.1, 0.15) is 0 Å². The highest BCUT2D eigenvalue weighted by Crippen LogP contribution is 2.32. The maximum atomic E-state index is 12.8. The molecule has 0 bridgehead atoms. The van der Waals surface area contributed by atoms with Gasteiger partial charge in [-0.25, -0.2) is 0 Å². The zero-order chi connectivity index (χ0) is 17.8. The topological polar surface area (TPSA) is 20.3 Å². The fourth-order valence-corrected chi connectivity index (χ4v) is 4.02. The number of hydrogen-bond acceptors (Lipinski definition) is 2. The lowest BCUT2D eigenvalue weighted by atomic mass is 9.98. The average Bonchev–Trinajstić information content (AvgIpc) is 2.62. The molecule has 0 saturated heterocycles. The van der Waals surface area contributed by atoms with Gasteiger partial charge in [-0.15, -0.1) is 12.4 Å². The molecular formula is C22H25BrClNO. The van der Waals surface area contributed by atoms with Crippen LogP contribution < -0.4 is 0 Å². The third kappa shape index (κ3) is 4.46. The maximum Gasteiger partial charge on any atom is 0.176 e. The summed E-state index contributed by atoms with van der Waals surface area (Å²) < 4.78 is 1.09. The predicted octanol–water partition coefficient (Wildman–Crippen LogP) is 6.48. The first kappa shape index (κ1) is 20.9. The quantitative estimate of drug-likeness (QED) is 0.313. The van der Waals surface area contributed by atoms with E-state index in [2.05, 4.69) is 65.0 Å². The van der Waals surface area contributed by atoms with Crippen LogP contribution in [0.5, 0.6) is 0 Å². The van der Waals surface area contributed by atoms with Crippen LogP contribution in [0.1, 0.15) is 37.0 Å². The summed E-state index contributed by atoms with van der Waals surface area (Å²) in [4.78, 5) is 15.1. The summed E-state index contributed by atoms with van der Waals surface area (Å²) in [5, 5.41) is 4.65. The number of rotatable bonds is 7. The molecule has 0 unspecified atom stereocenters. The zero-order valence-electron chi connectivity index (χ0n) is 15.3. The Balaban J connectivity index is 0.00000243. The number of ketones is 1. The van der Waals surface area contributed by atoms with Crippen molar-refractivity contribution in [3.8, 4) is 0 Å². The molecule has 3 aromatic carbocycles. The Morgan fingerprint density at radius 2 is 1.58 bits per heavy atom. The lowest BCUT2D eigenvalue weighted by Gasteiger charge is -2.20. The van der Waals surface area contributed by atoms with E-state index in [0.717, 1.165) is 46.7 Å². The van der Waals surface area contributed by atoms with E-state index < -0.39 is 0 Å². The fourth-order valence-electron chi connectivity index (χ4n) is 3.43. The molecule has 138 valence electrons. The number of nitrogens with zero attached hydrogens (tertiary/aromatic N) is 1. The summed E-state index contributed by atoms with van der Waals surface area (Å²) >= 11 is 3.66. The Morgan fingerprint density at radius 3 is 2.23 bits per heavy atom. The van der Waals surface area contributed by atoms with Gasteiger partial charge in [0, 0.05) is 10.0 Å². The minimum absolute atomic E-state index is 0. The third-order valence-electron chi connectivity index (χ3n) is 4.58. The smallest absolute Gasteiger partial charge is 0.176 e. The van der Waals surface area contributed by atoms with Crippen LogP contribution in [0.4, 0.5) is 0 Å². The number of carbonyl (C=O) groups is 1. The van der Waals surface area contributed by atoms with E-state index in [1.54, 1.807) is 0 Å². The Bertz CT molecular complexity index is 903. The molecule has 26 heavy (non-hydrogen) atoms. The van der Waals surface area contributed by atoms with E-state index in [0.29, 0.717) is 6.54 Å². The molecular weight excluding hydrogens is 410 g/mol. The first-order chi connectivity index (χ1) is 12.1. The first-order valence-electron chi connectivity index (χ1n) is 9.00. The standard InChI is InChI=1S/C22H24BrNO.ClH/c1-3-11-24(12-4-2)15-22(25)17-10-9-16-14-21(23)19-8-6-5-7-18(19)20(16)13-17;/h5-10,13-14H,3-4,11-12,15H2,1-2H3;1H. The van der Waals surface area contributed by atoms with Crippen LogP contribution in [-0.4, -0.2) is 30.3 Å². The van der Waals surface area contributed by atoms with E-state index in [1.165, 1.54) is 10.8 Å². The summed E-state index contributed by atoms with van der Waals surface area (Å²) in [5.41, 5.74) is 0.803. The van der Waals surface area contributed by atoms with Gasteiger partial charge in [0.2, 0.25) is 0 Å². The Labute approximate surface area is 170 Å². The minimum atomic E-state index is 0. The second-order valence-electron chi connectivity index (χ2n) is 6.54. The summed E-state index contributed by atoms with van der Waals surface area (Å²) in [7, 11) is 0. The second kappa shape index (κ2) is 9.50. The number of fused-ring (bicyclic) bond motifs is 3. The van der Waals surface area contributed by atoms with Crippen molar-refractivity contribution in [2.75, 3.05) is 19.6 Å². The van der Waals surface area contributed by atoms with Crippen molar-refractivity contribution < 1.29 is 4.79 Å². The first-order valence-corrected chi connectivity index (χ1v) is 9.80. The van der Waals surface area contributed by atoms with Gasteiger partial charge >= 0.3 is 0 Å². The van der Waals surface area contributed by atoms with Crippen molar-refractivity contribution >= 4 is 55.7 Å². The second-order valence-corrected chi connectivity index (χ2v) is 7.39. The van der Waals surface area contributed by atoms with Gasteiger partial charge in [0.25, 0.3) is 0 Å². The molecule has 0 aliphatic rings. The van der Waals surface area contributed by atoms with Gasteiger partial charge in [-0.3, -0.25) is 9.69 Å². The van der Waals surface area contributed by atoms with Gasteiger partial charge in [-0.05, 0) is 59.6 Å². The molecule has 0 aromatic heterocycles. The number of hydrogen-bond donors (Lipinski definition) is 0. The number of Topliss-reactive ketones (excluding diaryl/α,β-unsaturated/α-hetero) is 1. The molecule has 4 heteroatoms. The summed E-state index contributed by atoms with van der Waals surface area (Å²) in [6.45, 7) is 6.77. The highest BCUT2D eigenvalue weighted by Gasteiger charge is 2.13. The van der Waals surface area contributed by atoms with Crippen LogP contribution in [0.15, 0.2) is 53.0 Å². The van der Waals surface area contributed by atoms with E-state index in [1.807, 2.05) is 18.2 Å². The molecule has 0 radical (unpaired) electrons. The summed E-state index contributed by atoms with van der Waals surface area (Å²) in [6, 6.07) is 16.5. The number of benzene rings is 3. The van der Waals surface area contributed by atoms with E-state index in [-0.39, 0.29) is 18.2 Å². The molecule has 0 amide bonds. The van der Waals surface area contributed by atoms with Crippen LogP contribution in [0.25, 0.3) is 21.5 Å². The largest absolute Gasteiger partial charge is 0.296 e. The van der Waals surface area contributed by atoms with Gasteiger partial charge in [0.05, 0.1) is 6.54 Å². The molecule has 0 aliphatic heterocycles. The van der Waals surface area contributed by atoms with Gasteiger partial charge in [0.15, 0.2) is 5.78 Å². The highest BCUT2D eigenvalue weighted by atomic mass is 79.9. The van der Waals surface area contributed by atoms with Crippen molar-refractivity contribution in [2.45, 2.75) is 26.7 Å². The summed E-state index contributed by atoms with van der Waals surface area (Å²) in [5.74, 6) is 0.204. The molecule has 0 fully saturated rings. The normalized spacial score (nSPS) is 11.1. The maximum absolute atomic E-state index is 12.8. The Kier molecular flexibility index (Phi) is 7.63. The Morgan fingerprint density at radius 1 is 0.923 bits per heavy atom. The van der Waals surface area contributed by atoms with Gasteiger partial charge < -0.3 is 0 Å². The van der Waals surface area contributed by atoms with Crippen LogP contribution in [-0.2, 0) is 0 Å². The molecule has 0 spiro atoms. The van der Waals surface area contributed by atoms with Crippen molar-refractivity contribution in [2.24, 2.45) is 0 Å². The molecule has 0 aliphatic carbocycles. The van der Waals surface area contributed by atoms with Crippen LogP contribution in [0, 0.1) is 0 Å². The zero-order valence-corrected chi connectivity index (χ0v) is 17.7. The van der Waals surface area contributed by atoms with Crippen molar-refractivity contribution in [1.29, 1.82) is 0 Å². The lowest BCUT2D eigenvalue weighted by molar-refractivity contribution is 0.0931. The molecule has 0 atom stereocenters. The van der Waals surface area contributed by atoms with Crippen LogP contribution >= 0.6 is 28.3 Å². The molecule has 3 rings (SSSR count). The van der Waals surface area contributed by atoms with E-state index in [4.69, 9.17) is 0 Å². The van der Waals surface area contributed by atoms with Gasteiger partial charge in [-0.2, -0.15) is 0 Å². The highest BCUT2D eigenvalue weighted by molar-refractivity contribution is 9.10. The summed E-state index contributed by atoms with van der Waals surface area (Å²) in [6.07, 6.45) is 2.15. The molecule has 3 aromatic rings. The fraction of sp³-hybridized carbons (Fsp3) is 0.318. The predicted molar refractivity (Wildman–Crippen MR) is 118 cm³/mol. The van der Waals surface area contributed by atoms with E-state index >= 15 is 0 Å². The van der Waals surface area contributed by atoms with Crippen molar-refractivity contribution in [1.82, 2.24) is 4.90 Å². The van der Waals surface area contributed by atoms with Gasteiger partial charge in [-0.1, -0.05) is 66.2 Å². The minimum Gasteiger partial charge on any atom is -0.296 e. The van der Waals surface area contributed by atoms with E-state index in [9.17, 15) is 4.79 Å². The number of halogens is 2. The molecule has 0 heterocycles. The van der Waals surface area contributed by atoms with Crippen LogP contribution in [0.3, 0.4) is 0 Å². The third-order valence-corrected chi connectivity index (χ3v) is 5.24.